The van der Waals surface area contributed by atoms with Gasteiger partial charge < -0.3 is 15.0 Å². The molecule has 2 fully saturated rings. The molecule has 1 aromatic carbocycles. The van der Waals surface area contributed by atoms with Gasteiger partial charge >= 0.3 is 0 Å². The van der Waals surface area contributed by atoms with Crippen molar-refractivity contribution >= 4 is 21.8 Å². The minimum atomic E-state index is -3.51. The maximum Gasteiger partial charge on any atom is 0.248 e. The lowest BCUT2D eigenvalue weighted by molar-refractivity contribution is -0.138. The molecule has 1 saturated carbocycles. The van der Waals surface area contributed by atoms with Gasteiger partial charge in [-0.2, -0.15) is 4.31 Å². The molecule has 0 spiro atoms. The van der Waals surface area contributed by atoms with Gasteiger partial charge in [0.2, 0.25) is 21.8 Å². The van der Waals surface area contributed by atoms with E-state index in [1.165, 1.54) is 10.6 Å². The monoisotopic (exact) mass is 437 g/mol. The number of carbonyl (C=O) groups excluding carboxylic acids is 2. The molecular formula is C21H31N3O5S. The fraction of sp³-hybridized carbons (Fsp3) is 0.619. The highest BCUT2D eigenvalue weighted by molar-refractivity contribution is 7.88. The Labute approximate surface area is 178 Å². The molecule has 1 aliphatic heterocycles. The van der Waals surface area contributed by atoms with E-state index in [0.29, 0.717) is 32.5 Å². The highest BCUT2D eigenvalue weighted by Crippen LogP contribution is 2.30. The van der Waals surface area contributed by atoms with Gasteiger partial charge in [-0.05, 0) is 18.4 Å². The van der Waals surface area contributed by atoms with Crippen LogP contribution in [0.4, 0.5) is 0 Å². The number of carbonyl (C=O) groups is 2. The second-order valence-corrected chi connectivity index (χ2v) is 9.92. The first-order chi connectivity index (χ1) is 14.4. The fourth-order valence-electron chi connectivity index (χ4n) is 4.29. The van der Waals surface area contributed by atoms with E-state index in [-0.39, 0.29) is 43.5 Å². The van der Waals surface area contributed by atoms with Crippen LogP contribution in [0.25, 0.3) is 0 Å². The lowest BCUT2D eigenvalue weighted by Crippen LogP contribution is -2.55. The number of ether oxygens (including phenoxy) is 1. The van der Waals surface area contributed by atoms with Gasteiger partial charge in [0.15, 0.2) is 0 Å². The molecule has 2 aliphatic rings. The van der Waals surface area contributed by atoms with Crippen molar-refractivity contribution in [2.45, 2.75) is 38.3 Å². The third kappa shape index (κ3) is 6.02. The molecule has 2 atom stereocenters. The van der Waals surface area contributed by atoms with E-state index in [9.17, 15) is 18.0 Å². The number of amides is 2. The first-order valence-electron chi connectivity index (χ1n) is 10.5. The number of rotatable bonds is 5. The normalized spacial score (nSPS) is 24.0. The number of hydrogen-bond acceptors (Lipinski definition) is 5. The zero-order valence-corrected chi connectivity index (χ0v) is 18.3. The molecule has 9 heteroatoms. The van der Waals surface area contributed by atoms with Gasteiger partial charge in [0.1, 0.15) is 6.61 Å². The Morgan fingerprint density at radius 1 is 1.13 bits per heavy atom. The second kappa shape index (κ2) is 10.4. The van der Waals surface area contributed by atoms with Gasteiger partial charge in [-0.25, -0.2) is 8.42 Å². The van der Waals surface area contributed by atoms with E-state index < -0.39 is 10.0 Å². The summed E-state index contributed by atoms with van der Waals surface area (Å²) in [5.74, 6) is -0.665. The minimum Gasteiger partial charge on any atom is -0.367 e. The van der Waals surface area contributed by atoms with Gasteiger partial charge in [-0.15, -0.1) is 0 Å². The van der Waals surface area contributed by atoms with E-state index in [1.54, 1.807) is 4.90 Å². The van der Waals surface area contributed by atoms with Gasteiger partial charge in [-0.3, -0.25) is 9.59 Å². The van der Waals surface area contributed by atoms with Crippen molar-refractivity contribution in [3.63, 3.8) is 0 Å². The molecule has 1 aromatic rings. The largest absolute Gasteiger partial charge is 0.367 e. The van der Waals surface area contributed by atoms with Gasteiger partial charge in [0.25, 0.3) is 0 Å². The molecular weight excluding hydrogens is 406 g/mol. The third-order valence-electron chi connectivity index (χ3n) is 5.82. The highest BCUT2D eigenvalue weighted by atomic mass is 32.2. The summed E-state index contributed by atoms with van der Waals surface area (Å²) in [5.41, 5.74) is 0.977. The van der Waals surface area contributed by atoms with E-state index in [4.69, 9.17) is 4.74 Å². The number of benzene rings is 1. The summed E-state index contributed by atoms with van der Waals surface area (Å²) in [5, 5.41) is 2.90. The first-order valence-corrected chi connectivity index (χ1v) is 12.3. The predicted molar refractivity (Wildman–Crippen MR) is 113 cm³/mol. The molecule has 2 amide bonds. The van der Waals surface area contributed by atoms with E-state index in [0.717, 1.165) is 18.4 Å². The van der Waals surface area contributed by atoms with Crippen LogP contribution in [0.5, 0.6) is 0 Å². The Bertz CT molecular complexity index is 830. The first kappa shape index (κ1) is 22.7. The van der Waals surface area contributed by atoms with Crippen LogP contribution in [0, 0.1) is 5.92 Å². The third-order valence-corrected chi connectivity index (χ3v) is 7.13. The van der Waals surface area contributed by atoms with Crippen molar-refractivity contribution in [1.29, 1.82) is 0 Å². The Morgan fingerprint density at radius 3 is 2.60 bits per heavy atom. The van der Waals surface area contributed by atoms with Gasteiger partial charge in [0, 0.05) is 32.2 Å². The van der Waals surface area contributed by atoms with Crippen LogP contribution < -0.4 is 5.32 Å². The molecule has 0 radical (unpaired) electrons. The van der Waals surface area contributed by atoms with Crippen molar-refractivity contribution < 1.29 is 22.7 Å². The molecule has 0 aromatic heterocycles. The highest BCUT2D eigenvalue weighted by Gasteiger charge is 2.39. The summed E-state index contributed by atoms with van der Waals surface area (Å²) in [7, 11) is -3.51. The van der Waals surface area contributed by atoms with Crippen LogP contribution in [0.2, 0.25) is 0 Å². The molecule has 0 bridgehead atoms. The van der Waals surface area contributed by atoms with Crippen molar-refractivity contribution in [3.8, 4) is 0 Å². The summed E-state index contributed by atoms with van der Waals surface area (Å²) in [6.45, 7) is 1.39. The van der Waals surface area contributed by atoms with Crippen LogP contribution in [0.1, 0.15) is 31.2 Å². The van der Waals surface area contributed by atoms with Crippen molar-refractivity contribution in [1.82, 2.24) is 14.5 Å². The number of hydrogen-bond donors (Lipinski definition) is 1. The van der Waals surface area contributed by atoms with Crippen LogP contribution in [-0.4, -0.2) is 74.5 Å². The van der Waals surface area contributed by atoms with Crippen molar-refractivity contribution in [2.24, 2.45) is 5.92 Å². The summed E-state index contributed by atoms with van der Waals surface area (Å²) in [6.07, 6.45) is 4.36. The average Bonchev–Trinajstić information content (AvgIpc) is 2.72. The summed E-state index contributed by atoms with van der Waals surface area (Å²) in [6, 6.07) is 9.23. The van der Waals surface area contributed by atoms with E-state index in [1.807, 2.05) is 30.3 Å². The zero-order chi connectivity index (χ0) is 21.6. The number of fused-ring (bicyclic) bond motifs is 1. The lowest BCUT2D eigenvalue weighted by atomic mass is 9.83. The number of nitrogens with zero attached hydrogens (tertiary/aromatic N) is 2. The van der Waals surface area contributed by atoms with Crippen LogP contribution in [0.3, 0.4) is 0 Å². The maximum absolute atomic E-state index is 12.7. The van der Waals surface area contributed by atoms with Gasteiger partial charge in [-0.1, -0.05) is 43.2 Å². The van der Waals surface area contributed by atoms with E-state index in [2.05, 4.69) is 5.32 Å². The molecule has 166 valence electrons. The summed E-state index contributed by atoms with van der Waals surface area (Å²) >= 11 is 0. The standard InChI is InChI=1S/C21H31N3O5S/c1-30(27,28)24-14-13-23(20(25)16-29-15-17-7-3-2-4-8-17)12-11-22-21(26)18-9-5-6-10-19(18)24/h2-4,7-8,18-19H,5-6,9-16H2,1H3,(H,22,26). The van der Waals surface area contributed by atoms with Crippen molar-refractivity contribution in [3.05, 3.63) is 35.9 Å². The molecule has 1 heterocycles. The van der Waals surface area contributed by atoms with Crippen molar-refractivity contribution in [2.75, 3.05) is 39.0 Å². The number of nitrogens with one attached hydrogen (secondary N) is 1. The molecule has 1 aliphatic carbocycles. The Hall–Kier alpha value is -1.97. The predicted octanol–water partition coefficient (Wildman–Crippen LogP) is 0.982. The Kier molecular flexibility index (Phi) is 7.85. The zero-order valence-electron chi connectivity index (χ0n) is 17.5. The molecule has 2 unspecified atom stereocenters. The smallest absolute Gasteiger partial charge is 0.248 e. The molecule has 1 saturated heterocycles. The SMILES string of the molecule is CS(=O)(=O)N1CCN(C(=O)COCc2ccccc2)CCNC(=O)C2CCCCC21. The lowest BCUT2D eigenvalue weighted by Gasteiger charge is -2.39. The Balaban J connectivity index is 1.66. The van der Waals surface area contributed by atoms with Gasteiger partial charge in [0.05, 0.1) is 18.8 Å². The summed E-state index contributed by atoms with van der Waals surface area (Å²) in [4.78, 5) is 27.0. The fourth-order valence-corrected chi connectivity index (χ4v) is 5.44. The quantitative estimate of drug-likeness (QED) is 0.741. The maximum atomic E-state index is 12.7. The van der Waals surface area contributed by atoms with E-state index >= 15 is 0 Å². The van der Waals surface area contributed by atoms with Crippen LogP contribution in [0.15, 0.2) is 30.3 Å². The Morgan fingerprint density at radius 2 is 1.87 bits per heavy atom. The van der Waals surface area contributed by atoms with Crippen LogP contribution in [-0.2, 0) is 31.0 Å². The van der Waals surface area contributed by atoms with Crippen LogP contribution >= 0.6 is 0 Å². The second-order valence-electron chi connectivity index (χ2n) is 7.98. The molecule has 1 N–H and O–H groups in total. The molecule has 30 heavy (non-hydrogen) atoms. The molecule has 8 nitrogen and oxygen atoms in total. The molecule has 3 rings (SSSR count). The topological polar surface area (TPSA) is 96.0 Å². The number of sulfonamides is 1. The average molecular weight is 438 g/mol. The minimum absolute atomic E-state index is 0.0895. The summed E-state index contributed by atoms with van der Waals surface area (Å²) < 4.78 is 31.9.